The van der Waals surface area contributed by atoms with E-state index in [-0.39, 0.29) is 4.90 Å². The van der Waals surface area contributed by atoms with Crippen LogP contribution < -0.4 is 20.5 Å². The molecule has 5 rings (SSSR count). The number of primary amides is 1. The van der Waals surface area contributed by atoms with Gasteiger partial charge in [-0.25, -0.2) is 8.42 Å². The summed E-state index contributed by atoms with van der Waals surface area (Å²) < 4.78 is 33.0. The van der Waals surface area contributed by atoms with Crippen molar-refractivity contribution in [3.05, 3.63) is 106 Å². The molecule has 0 bridgehead atoms. The second-order valence-electron chi connectivity index (χ2n) is 9.33. The van der Waals surface area contributed by atoms with E-state index in [1.54, 1.807) is 12.1 Å². The summed E-state index contributed by atoms with van der Waals surface area (Å²) in [6.45, 7) is 2.23. The Morgan fingerprint density at radius 2 is 1.70 bits per heavy atom. The van der Waals surface area contributed by atoms with Gasteiger partial charge in [0.05, 0.1) is 17.6 Å². The zero-order chi connectivity index (χ0) is 28.3. The molecule has 0 spiro atoms. The number of carbonyl (C=O) groups is 2. The molecule has 0 aliphatic carbocycles. The van der Waals surface area contributed by atoms with E-state index in [4.69, 9.17) is 10.5 Å². The fourth-order valence-electron chi connectivity index (χ4n) is 4.62. The number of fused-ring (bicyclic) bond motifs is 1. The molecule has 3 aromatic carbocycles. The number of ether oxygens (including phenoxy) is 1. The van der Waals surface area contributed by atoms with E-state index in [0.717, 1.165) is 23.5 Å². The van der Waals surface area contributed by atoms with Gasteiger partial charge in [-0.2, -0.15) is 0 Å². The van der Waals surface area contributed by atoms with E-state index in [2.05, 4.69) is 27.1 Å². The molecule has 40 heavy (non-hydrogen) atoms. The van der Waals surface area contributed by atoms with Crippen molar-refractivity contribution in [3.8, 4) is 5.75 Å². The van der Waals surface area contributed by atoms with E-state index >= 15 is 0 Å². The molecule has 1 aromatic heterocycles. The maximum atomic E-state index is 13.1. The summed E-state index contributed by atoms with van der Waals surface area (Å²) in [7, 11) is -2.32. The molecule has 0 radical (unpaired) electrons. The predicted molar refractivity (Wildman–Crippen MR) is 155 cm³/mol. The Kier molecular flexibility index (Phi) is 7.88. The highest BCUT2D eigenvalue weighted by atomic mass is 32.2. The van der Waals surface area contributed by atoms with Crippen molar-refractivity contribution >= 4 is 43.9 Å². The Balaban J connectivity index is 1.28. The van der Waals surface area contributed by atoms with Crippen LogP contribution in [-0.2, 0) is 29.5 Å². The Bertz CT molecular complexity index is 1630. The number of anilines is 2. The summed E-state index contributed by atoms with van der Waals surface area (Å²) in [6.07, 6.45) is 0.663. The number of hydrogen-bond donors (Lipinski definition) is 3. The molecule has 0 fully saturated rings. The Hall–Kier alpha value is -4.19. The molecule has 1 aliphatic heterocycles. The second-order valence-corrected chi connectivity index (χ2v) is 12.1. The highest BCUT2D eigenvalue weighted by molar-refractivity contribution is 7.92. The minimum absolute atomic E-state index is 0.0816. The van der Waals surface area contributed by atoms with Crippen LogP contribution in [0.5, 0.6) is 5.75 Å². The van der Waals surface area contributed by atoms with Crippen molar-refractivity contribution in [2.45, 2.75) is 24.4 Å². The van der Waals surface area contributed by atoms with Gasteiger partial charge < -0.3 is 15.8 Å². The van der Waals surface area contributed by atoms with Gasteiger partial charge in [-0.05, 0) is 66.1 Å². The van der Waals surface area contributed by atoms with E-state index < -0.39 is 21.8 Å². The first-order chi connectivity index (χ1) is 19.2. The summed E-state index contributed by atoms with van der Waals surface area (Å²) >= 11 is 1.36. The first-order valence-corrected chi connectivity index (χ1v) is 14.8. The number of benzene rings is 3. The molecule has 0 saturated heterocycles. The third-order valence-corrected chi connectivity index (χ3v) is 9.16. The van der Waals surface area contributed by atoms with Crippen molar-refractivity contribution < 1.29 is 22.7 Å². The van der Waals surface area contributed by atoms with Crippen LogP contribution in [0.25, 0.3) is 0 Å². The summed E-state index contributed by atoms with van der Waals surface area (Å²) in [4.78, 5) is 28.8. The number of carbonyl (C=O) groups excluding carboxylic acids is 2. The number of sulfonamides is 1. The maximum absolute atomic E-state index is 13.1. The third kappa shape index (κ3) is 6.01. The van der Waals surface area contributed by atoms with Crippen LogP contribution in [0.15, 0.2) is 83.8 Å². The van der Waals surface area contributed by atoms with Gasteiger partial charge in [0.1, 0.15) is 10.8 Å². The third-order valence-electron chi connectivity index (χ3n) is 6.63. The first-order valence-electron chi connectivity index (χ1n) is 12.5. The number of methoxy groups -OCH3 is 1. The van der Waals surface area contributed by atoms with Crippen LogP contribution in [0.3, 0.4) is 0 Å². The van der Waals surface area contributed by atoms with Crippen LogP contribution in [-0.4, -0.2) is 38.8 Å². The van der Waals surface area contributed by atoms with Crippen molar-refractivity contribution in [3.63, 3.8) is 0 Å². The summed E-state index contributed by atoms with van der Waals surface area (Å²) in [6, 6.07) is 22.2. The van der Waals surface area contributed by atoms with Gasteiger partial charge in [-0.15, -0.1) is 11.3 Å². The molecular weight excluding hydrogens is 548 g/mol. The van der Waals surface area contributed by atoms with Gasteiger partial charge in [0.15, 0.2) is 0 Å². The van der Waals surface area contributed by atoms with Crippen molar-refractivity contribution in [1.82, 2.24) is 4.90 Å². The van der Waals surface area contributed by atoms with E-state index in [0.29, 0.717) is 40.5 Å². The maximum Gasteiger partial charge on any atom is 0.261 e. The lowest BCUT2D eigenvalue weighted by atomic mass is 10.0. The topological polar surface area (TPSA) is 131 Å². The minimum Gasteiger partial charge on any atom is -0.497 e. The molecule has 4 N–H and O–H groups in total. The highest BCUT2D eigenvalue weighted by Gasteiger charge is 2.28. The number of amides is 2. The van der Waals surface area contributed by atoms with Crippen LogP contribution in [0.1, 0.15) is 36.7 Å². The van der Waals surface area contributed by atoms with Gasteiger partial charge >= 0.3 is 0 Å². The molecule has 9 nitrogen and oxygen atoms in total. The van der Waals surface area contributed by atoms with Gasteiger partial charge in [0.2, 0.25) is 0 Å². The van der Waals surface area contributed by atoms with Gasteiger partial charge in [-0.3, -0.25) is 19.2 Å². The number of rotatable bonds is 9. The molecule has 11 heteroatoms. The molecule has 1 aliphatic rings. The Morgan fingerprint density at radius 3 is 2.35 bits per heavy atom. The standard InChI is InChI=1S/C29H28N4O5S2/c1-38-22-11-13-23(14-12-22)40(36,37)32-21-9-7-20(8-10-21)28(35)31-29-26(27(30)34)24-15-16-33(18-25(24)39-29)17-19-5-3-2-4-6-19/h2-14,32H,15-18H2,1H3,(H2,30,34)(H,31,35). The van der Waals surface area contributed by atoms with Gasteiger partial charge in [-0.1, -0.05) is 30.3 Å². The summed E-state index contributed by atoms with van der Waals surface area (Å²) in [5.74, 6) is -0.454. The number of thiophene rings is 1. The first kappa shape index (κ1) is 27.4. The van der Waals surface area contributed by atoms with Crippen LogP contribution in [0.2, 0.25) is 0 Å². The lowest BCUT2D eigenvalue weighted by Crippen LogP contribution is -2.30. The second kappa shape index (κ2) is 11.5. The molecule has 0 unspecified atom stereocenters. The molecular formula is C29H28N4O5S2. The van der Waals surface area contributed by atoms with E-state index in [1.807, 2.05) is 18.2 Å². The monoisotopic (exact) mass is 576 g/mol. The van der Waals surface area contributed by atoms with Crippen LogP contribution in [0, 0.1) is 0 Å². The lowest BCUT2D eigenvalue weighted by molar-refractivity contribution is 0.0999. The van der Waals surface area contributed by atoms with Crippen LogP contribution in [0.4, 0.5) is 10.7 Å². The van der Waals surface area contributed by atoms with E-state index in [1.165, 1.54) is 60.4 Å². The van der Waals surface area contributed by atoms with Gasteiger partial charge in [0.25, 0.3) is 21.8 Å². The fourth-order valence-corrected chi connectivity index (χ4v) is 6.96. The Labute approximate surface area is 236 Å². The fraction of sp³-hybridized carbons (Fsp3) is 0.172. The molecule has 206 valence electrons. The number of nitrogens with one attached hydrogen (secondary N) is 2. The molecule has 2 heterocycles. The Morgan fingerprint density at radius 1 is 1.00 bits per heavy atom. The number of hydrogen-bond acceptors (Lipinski definition) is 7. The van der Waals surface area contributed by atoms with E-state index in [9.17, 15) is 18.0 Å². The average molecular weight is 577 g/mol. The summed E-state index contributed by atoms with van der Waals surface area (Å²) in [5.41, 5.74) is 8.79. The SMILES string of the molecule is COc1ccc(S(=O)(=O)Nc2ccc(C(=O)Nc3sc4c(c3C(N)=O)CCN(Cc3ccccc3)C4)cc2)cc1. The molecule has 0 saturated carbocycles. The minimum atomic E-state index is -3.82. The number of nitrogens with zero attached hydrogens (tertiary/aromatic N) is 1. The highest BCUT2D eigenvalue weighted by Crippen LogP contribution is 2.37. The smallest absolute Gasteiger partial charge is 0.261 e. The average Bonchev–Trinajstić information content (AvgIpc) is 3.31. The quantitative estimate of drug-likeness (QED) is 0.270. The van der Waals surface area contributed by atoms with Gasteiger partial charge in [0, 0.05) is 35.8 Å². The van der Waals surface area contributed by atoms with Crippen molar-refractivity contribution in [2.75, 3.05) is 23.7 Å². The normalized spacial score (nSPS) is 13.3. The molecule has 0 atom stereocenters. The van der Waals surface area contributed by atoms with Crippen molar-refractivity contribution in [2.24, 2.45) is 5.73 Å². The predicted octanol–water partition coefficient (Wildman–Crippen LogP) is 4.47. The number of nitrogens with two attached hydrogens (primary N) is 1. The zero-order valence-electron chi connectivity index (χ0n) is 21.7. The van der Waals surface area contributed by atoms with Crippen LogP contribution >= 0.6 is 11.3 Å². The largest absolute Gasteiger partial charge is 0.497 e. The lowest BCUT2D eigenvalue weighted by Gasteiger charge is -2.27. The molecule has 4 aromatic rings. The summed E-state index contributed by atoms with van der Waals surface area (Å²) in [5, 5.41) is 3.27. The molecule has 2 amide bonds. The zero-order valence-corrected chi connectivity index (χ0v) is 23.3. The van der Waals surface area contributed by atoms with Crippen molar-refractivity contribution in [1.29, 1.82) is 0 Å².